The molecule has 0 unspecified atom stereocenters. The van der Waals surface area contributed by atoms with Gasteiger partial charge in [-0.2, -0.15) is 5.10 Å². The predicted octanol–water partition coefficient (Wildman–Crippen LogP) is 0.605. The Morgan fingerprint density at radius 2 is 2.22 bits per heavy atom. The highest BCUT2D eigenvalue weighted by atomic mass is 16.5. The summed E-state index contributed by atoms with van der Waals surface area (Å²) in [7, 11) is 1.78. The van der Waals surface area contributed by atoms with Gasteiger partial charge in [0.1, 0.15) is 0 Å². The first-order chi connectivity index (χ1) is 12.9. The Morgan fingerprint density at radius 1 is 1.41 bits per heavy atom. The zero-order chi connectivity index (χ0) is 19.1. The van der Waals surface area contributed by atoms with Gasteiger partial charge in [-0.05, 0) is 38.5 Å². The van der Waals surface area contributed by atoms with Gasteiger partial charge < -0.3 is 20.1 Å². The molecule has 0 radical (unpaired) electrons. The molecule has 3 heterocycles. The molecule has 2 atom stereocenters. The number of aromatic nitrogens is 2. The fourth-order valence-electron chi connectivity index (χ4n) is 4.46. The fourth-order valence-corrected chi connectivity index (χ4v) is 4.46. The highest BCUT2D eigenvalue weighted by Gasteiger charge is 2.46. The van der Waals surface area contributed by atoms with E-state index in [1.54, 1.807) is 24.1 Å². The maximum absolute atomic E-state index is 12.6. The standard InChI is InChI=1S/C19H28N4O4/c1-22-12-14(11-20-22)17(25)21-15-3-8-27-19(9-15)6-7-23(13-19)16(24)10-18(26)4-2-5-18/h11-12,15,26H,2-10,13H2,1H3,(H,21,25)/t15-,19-/m1/s1. The molecule has 3 fully saturated rings. The van der Waals surface area contributed by atoms with Crippen LogP contribution in [0.4, 0.5) is 0 Å². The van der Waals surface area contributed by atoms with Gasteiger partial charge in [0.15, 0.2) is 0 Å². The van der Waals surface area contributed by atoms with Crippen LogP contribution in [0.1, 0.15) is 55.3 Å². The maximum Gasteiger partial charge on any atom is 0.254 e. The van der Waals surface area contributed by atoms with Crippen LogP contribution in [0.5, 0.6) is 0 Å². The van der Waals surface area contributed by atoms with Crippen LogP contribution >= 0.6 is 0 Å². The second-order valence-electron chi connectivity index (χ2n) is 8.42. The van der Waals surface area contributed by atoms with E-state index >= 15 is 0 Å². The second-order valence-corrected chi connectivity index (χ2v) is 8.42. The highest BCUT2D eigenvalue weighted by molar-refractivity contribution is 5.93. The minimum atomic E-state index is -0.791. The normalized spacial score (nSPS) is 29.6. The van der Waals surface area contributed by atoms with Crippen molar-refractivity contribution in [3.63, 3.8) is 0 Å². The van der Waals surface area contributed by atoms with Crippen molar-refractivity contribution < 1.29 is 19.4 Å². The number of carbonyl (C=O) groups excluding carboxylic acids is 2. The average molecular weight is 376 g/mol. The number of amides is 2. The van der Waals surface area contributed by atoms with Gasteiger partial charge in [-0.15, -0.1) is 0 Å². The quantitative estimate of drug-likeness (QED) is 0.802. The zero-order valence-corrected chi connectivity index (χ0v) is 15.8. The molecular formula is C19H28N4O4. The van der Waals surface area contributed by atoms with E-state index in [4.69, 9.17) is 4.74 Å². The lowest BCUT2D eigenvalue weighted by atomic mass is 9.77. The molecule has 1 aromatic rings. The van der Waals surface area contributed by atoms with E-state index in [1.807, 2.05) is 4.90 Å². The Balaban J connectivity index is 1.33. The molecule has 3 aliphatic rings. The summed E-state index contributed by atoms with van der Waals surface area (Å²) in [5.74, 6) is -0.109. The van der Waals surface area contributed by atoms with Crippen molar-refractivity contribution in [1.29, 1.82) is 0 Å². The molecule has 1 aromatic heterocycles. The van der Waals surface area contributed by atoms with Gasteiger partial charge in [-0.3, -0.25) is 14.3 Å². The van der Waals surface area contributed by atoms with E-state index in [-0.39, 0.29) is 29.9 Å². The van der Waals surface area contributed by atoms with E-state index in [0.717, 1.165) is 32.1 Å². The van der Waals surface area contributed by atoms with E-state index in [1.165, 1.54) is 0 Å². The molecule has 1 aliphatic carbocycles. The largest absolute Gasteiger partial charge is 0.389 e. The number of nitrogens with one attached hydrogen (secondary N) is 1. The summed E-state index contributed by atoms with van der Waals surface area (Å²) in [5.41, 5.74) is -0.626. The number of hydrogen-bond acceptors (Lipinski definition) is 5. The third-order valence-electron chi connectivity index (χ3n) is 6.23. The molecule has 2 saturated heterocycles. The van der Waals surface area contributed by atoms with Crippen LogP contribution in [0, 0.1) is 0 Å². The first-order valence-electron chi connectivity index (χ1n) is 9.80. The molecular weight excluding hydrogens is 348 g/mol. The zero-order valence-electron chi connectivity index (χ0n) is 15.8. The lowest BCUT2D eigenvalue weighted by molar-refractivity contribution is -0.142. The van der Waals surface area contributed by atoms with Crippen LogP contribution in [0.3, 0.4) is 0 Å². The van der Waals surface area contributed by atoms with Crippen molar-refractivity contribution in [2.45, 2.75) is 62.2 Å². The number of ether oxygens (including phenoxy) is 1. The van der Waals surface area contributed by atoms with Gasteiger partial charge in [0.2, 0.25) is 5.91 Å². The van der Waals surface area contributed by atoms with Crippen molar-refractivity contribution in [2.24, 2.45) is 7.05 Å². The fraction of sp³-hybridized carbons (Fsp3) is 0.737. The van der Waals surface area contributed by atoms with Crippen molar-refractivity contribution in [1.82, 2.24) is 20.0 Å². The monoisotopic (exact) mass is 376 g/mol. The molecule has 8 heteroatoms. The second kappa shape index (κ2) is 6.91. The Bertz CT molecular complexity index is 729. The van der Waals surface area contributed by atoms with Crippen molar-refractivity contribution in [3.8, 4) is 0 Å². The van der Waals surface area contributed by atoms with Crippen LogP contribution in [0.15, 0.2) is 12.4 Å². The number of rotatable bonds is 4. The summed E-state index contributed by atoms with van der Waals surface area (Å²) in [4.78, 5) is 26.8. The summed E-state index contributed by atoms with van der Waals surface area (Å²) >= 11 is 0. The lowest BCUT2D eigenvalue weighted by Gasteiger charge is -2.39. The number of aliphatic hydroxyl groups is 1. The summed E-state index contributed by atoms with van der Waals surface area (Å²) in [6, 6.07) is 0.0253. The highest BCUT2D eigenvalue weighted by Crippen LogP contribution is 2.38. The van der Waals surface area contributed by atoms with E-state index < -0.39 is 5.60 Å². The summed E-state index contributed by atoms with van der Waals surface area (Å²) in [6.07, 6.45) is 8.15. The SMILES string of the molecule is Cn1cc(C(=O)N[C@@H]2CCO[C@]3(CCN(C(=O)CC4(O)CCC4)C3)C2)cn1. The third-order valence-corrected chi connectivity index (χ3v) is 6.23. The van der Waals surface area contributed by atoms with Crippen molar-refractivity contribution in [3.05, 3.63) is 18.0 Å². The van der Waals surface area contributed by atoms with E-state index in [2.05, 4.69) is 10.4 Å². The molecule has 8 nitrogen and oxygen atoms in total. The molecule has 2 aliphatic heterocycles. The summed E-state index contributed by atoms with van der Waals surface area (Å²) in [5, 5.41) is 17.4. The van der Waals surface area contributed by atoms with Crippen LogP contribution in [-0.2, 0) is 16.6 Å². The molecule has 0 aromatic carbocycles. The number of carbonyl (C=O) groups is 2. The van der Waals surface area contributed by atoms with Crippen LogP contribution in [0.25, 0.3) is 0 Å². The third kappa shape index (κ3) is 3.87. The van der Waals surface area contributed by atoms with Crippen LogP contribution < -0.4 is 5.32 Å². The van der Waals surface area contributed by atoms with Gasteiger partial charge in [0, 0.05) is 39.0 Å². The number of nitrogens with zero attached hydrogens (tertiary/aromatic N) is 3. The van der Waals surface area contributed by atoms with Gasteiger partial charge in [0.25, 0.3) is 5.91 Å². The van der Waals surface area contributed by atoms with Gasteiger partial charge in [-0.1, -0.05) is 0 Å². The predicted molar refractivity (Wildman–Crippen MR) is 97.0 cm³/mol. The first-order valence-corrected chi connectivity index (χ1v) is 9.80. The van der Waals surface area contributed by atoms with Crippen LogP contribution in [0.2, 0.25) is 0 Å². The Hall–Kier alpha value is -1.93. The molecule has 0 bridgehead atoms. The molecule has 27 heavy (non-hydrogen) atoms. The molecule has 148 valence electrons. The minimum Gasteiger partial charge on any atom is -0.389 e. The van der Waals surface area contributed by atoms with Crippen LogP contribution in [-0.4, -0.2) is 68.5 Å². The van der Waals surface area contributed by atoms with Gasteiger partial charge >= 0.3 is 0 Å². The molecule has 1 saturated carbocycles. The number of likely N-dealkylation sites (tertiary alicyclic amines) is 1. The van der Waals surface area contributed by atoms with Crippen molar-refractivity contribution in [2.75, 3.05) is 19.7 Å². The Kier molecular flexibility index (Phi) is 4.71. The van der Waals surface area contributed by atoms with Gasteiger partial charge in [-0.25, -0.2) is 0 Å². The Morgan fingerprint density at radius 3 is 2.89 bits per heavy atom. The summed E-state index contributed by atoms with van der Waals surface area (Å²) in [6.45, 7) is 1.77. The molecule has 4 rings (SSSR count). The van der Waals surface area contributed by atoms with Gasteiger partial charge in [0.05, 0.1) is 29.4 Å². The minimum absolute atomic E-state index is 0.0131. The van der Waals surface area contributed by atoms with E-state index in [9.17, 15) is 14.7 Å². The lowest BCUT2D eigenvalue weighted by Crippen LogP contribution is -2.50. The summed E-state index contributed by atoms with van der Waals surface area (Å²) < 4.78 is 7.68. The first kappa shape index (κ1) is 18.4. The maximum atomic E-state index is 12.6. The number of aryl methyl sites for hydroxylation is 1. The van der Waals surface area contributed by atoms with Crippen molar-refractivity contribution >= 4 is 11.8 Å². The molecule has 1 spiro atoms. The molecule has 2 N–H and O–H groups in total. The Labute approximate surface area is 158 Å². The van der Waals surface area contributed by atoms with E-state index in [0.29, 0.717) is 31.7 Å². The topological polar surface area (TPSA) is 96.7 Å². The number of hydrogen-bond donors (Lipinski definition) is 2. The average Bonchev–Trinajstić information content (AvgIpc) is 3.20. The molecule has 2 amide bonds. The smallest absolute Gasteiger partial charge is 0.254 e.